The van der Waals surface area contributed by atoms with E-state index in [9.17, 15) is 10.1 Å². The first-order valence-electron chi connectivity index (χ1n) is 5.19. The topological polar surface area (TPSA) is 72.6 Å². The van der Waals surface area contributed by atoms with Crippen LogP contribution >= 0.6 is 0 Å². The van der Waals surface area contributed by atoms with Gasteiger partial charge in [0.1, 0.15) is 0 Å². The molecule has 16 heavy (non-hydrogen) atoms. The molecule has 0 unspecified atom stereocenters. The Labute approximate surface area is 92.8 Å². The SMILES string of the molecule is O=[N+]([O-])c1cc(CO)cc(COC2CC2)c1. The predicted octanol–water partition coefficient (Wildman–Crippen LogP) is 1.77. The molecule has 5 nitrogen and oxygen atoms in total. The number of aliphatic hydroxyl groups excluding tert-OH is 1. The van der Waals surface area contributed by atoms with Crippen LogP contribution in [0.1, 0.15) is 24.0 Å². The quantitative estimate of drug-likeness (QED) is 0.609. The van der Waals surface area contributed by atoms with Gasteiger partial charge in [-0.3, -0.25) is 10.1 Å². The molecule has 0 radical (unpaired) electrons. The number of hydrogen-bond acceptors (Lipinski definition) is 4. The average molecular weight is 223 g/mol. The maximum Gasteiger partial charge on any atom is 0.270 e. The minimum absolute atomic E-state index is 0.000877. The fourth-order valence-corrected chi connectivity index (χ4v) is 1.47. The number of non-ortho nitro benzene ring substituents is 1. The van der Waals surface area contributed by atoms with Gasteiger partial charge in [-0.25, -0.2) is 0 Å². The molecule has 0 saturated heterocycles. The lowest BCUT2D eigenvalue weighted by Gasteiger charge is -2.04. The molecule has 0 aromatic heterocycles. The summed E-state index contributed by atoms with van der Waals surface area (Å²) < 4.78 is 5.47. The summed E-state index contributed by atoms with van der Waals surface area (Å²) in [5, 5.41) is 19.6. The maximum atomic E-state index is 10.7. The van der Waals surface area contributed by atoms with Gasteiger partial charge in [-0.05, 0) is 24.0 Å². The van der Waals surface area contributed by atoms with Crippen LogP contribution in [0.25, 0.3) is 0 Å². The highest BCUT2D eigenvalue weighted by molar-refractivity contribution is 5.38. The summed E-state index contributed by atoms with van der Waals surface area (Å²) in [7, 11) is 0. The largest absolute Gasteiger partial charge is 0.392 e. The number of benzene rings is 1. The Morgan fingerprint density at radius 3 is 2.62 bits per heavy atom. The molecule has 1 N–H and O–H groups in total. The fourth-order valence-electron chi connectivity index (χ4n) is 1.47. The lowest BCUT2D eigenvalue weighted by molar-refractivity contribution is -0.385. The van der Waals surface area contributed by atoms with Crippen LogP contribution in [0.5, 0.6) is 0 Å². The van der Waals surface area contributed by atoms with E-state index in [-0.39, 0.29) is 12.3 Å². The van der Waals surface area contributed by atoms with Crippen LogP contribution in [0.4, 0.5) is 5.69 Å². The van der Waals surface area contributed by atoms with Gasteiger partial charge >= 0.3 is 0 Å². The Hall–Kier alpha value is -1.46. The minimum atomic E-state index is -0.459. The highest BCUT2D eigenvalue weighted by Gasteiger charge is 2.22. The molecule has 5 heteroatoms. The molecule has 1 aromatic rings. The summed E-state index contributed by atoms with van der Waals surface area (Å²) in [5.74, 6) is 0. The molecule has 0 amide bonds. The molecular weight excluding hydrogens is 210 g/mol. The number of nitrogens with zero attached hydrogens (tertiary/aromatic N) is 1. The van der Waals surface area contributed by atoms with E-state index in [1.165, 1.54) is 12.1 Å². The first kappa shape index (κ1) is 11.0. The third kappa shape index (κ3) is 2.77. The minimum Gasteiger partial charge on any atom is -0.392 e. The molecular formula is C11H13NO4. The van der Waals surface area contributed by atoms with Crippen LogP contribution in [-0.4, -0.2) is 16.1 Å². The Kier molecular flexibility index (Phi) is 3.17. The normalized spacial score (nSPS) is 15.1. The van der Waals surface area contributed by atoms with Gasteiger partial charge < -0.3 is 9.84 Å². The molecule has 0 aliphatic heterocycles. The first-order chi connectivity index (χ1) is 7.69. The summed E-state index contributed by atoms with van der Waals surface area (Å²) in [6, 6.07) is 4.59. The van der Waals surface area contributed by atoms with Crippen molar-refractivity contribution < 1.29 is 14.8 Å². The van der Waals surface area contributed by atoms with Gasteiger partial charge in [-0.1, -0.05) is 6.07 Å². The lowest BCUT2D eigenvalue weighted by atomic mass is 10.1. The molecule has 0 spiro atoms. The van der Waals surface area contributed by atoms with Crippen molar-refractivity contribution in [2.24, 2.45) is 0 Å². The first-order valence-corrected chi connectivity index (χ1v) is 5.19. The molecule has 1 aromatic carbocycles. The second-order valence-electron chi connectivity index (χ2n) is 3.93. The zero-order valence-electron chi connectivity index (χ0n) is 8.76. The van der Waals surface area contributed by atoms with E-state index in [0.717, 1.165) is 18.4 Å². The monoisotopic (exact) mass is 223 g/mol. The fraction of sp³-hybridized carbons (Fsp3) is 0.455. The third-order valence-corrected chi connectivity index (χ3v) is 2.44. The lowest BCUT2D eigenvalue weighted by Crippen LogP contribution is -1.98. The predicted molar refractivity (Wildman–Crippen MR) is 56.8 cm³/mol. The summed E-state index contributed by atoms with van der Waals surface area (Å²) in [5.41, 5.74) is 1.29. The molecule has 1 aliphatic carbocycles. The van der Waals surface area contributed by atoms with Crippen LogP contribution in [-0.2, 0) is 18.0 Å². The van der Waals surface area contributed by atoms with Gasteiger partial charge in [0, 0.05) is 12.1 Å². The third-order valence-electron chi connectivity index (χ3n) is 2.44. The highest BCUT2D eigenvalue weighted by atomic mass is 16.6. The van der Waals surface area contributed by atoms with Crippen molar-refractivity contribution >= 4 is 5.69 Å². The van der Waals surface area contributed by atoms with Crippen molar-refractivity contribution in [3.05, 3.63) is 39.4 Å². The molecule has 1 fully saturated rings. The molecule has 1 saturated carbocycles. The molecule has 86 valence electrons. The number of nitro groups is 1. The van der Waals surface area contributed by atoms with Crippen molar-refractivity contribution in [1.29, 1.82) is 0 Å². The van der Waals surface area contributed by atoms with Gasteiger partial charge in [0.05, 0.1) is 24.2 Å². The zero-order chi connectivity index (χ0) is 11.5. The Morgan fingerprint density at radius 1 is 1.38 bits per heavy atom. The second-order valence-corrected chi connectivity index (χ2v) is 3.93. The van der Waals surface area contributed by atoms with Crippen LogP contribution in [0.3, 0.4) is 0 Å². The smallest absolute Gasteiger partial charge is 0.270 e. The van der Waals surface area contributed by atoms with Gasteiger partial charge in [-0.2, -0.15) is 0 Å². The summed E-state index contributed by atoms with van der Waals surface area (Å²) in [4.78, 5) is 10.2. The summed E-state index contributed by atoms with van der Waals surface area (Å²) in [6.07, 6.45) is 2.46. The maximum absolute atomic E-state index is 10.7. The van der Waals surface area contributed by atoms with Crippen molar-refractivity contribution in [1.82, 2.24) is 0 Å². The molecule has 0 atom stereocenters. The van der Waals surface area contributed by atoms with E-state index in [0.29, 0.717) is 18.3 Å². The van der Waals surface area contributed by atoms with E-state index in [1.54, 1.807) is 6.07 Å². The number of rotatable bonds is 5. The summed E-state index contributed by atoms with van der Waals surface area (Å²) in [6.45, 7) is 0.178. The van der Waals surface area contributed by atoms with E-state index in [1.807, 2.05) is 0 Å². The van der Waals surface area contributed by atoms with Crippen LogP contribution in [0.2, 0.25) is 0 Å². The van der Waals surface area contributed by atoms with E-state index >= 15 is 0 Å². The molecule has 0 heterocycles. The zero-order valence-corrected chi connectivity index (χ0v) is 8.76. The summed E-state index contributed by atoms with van der Waals surface area (Å²) >= 11 is 0. The van der Waals surface area contributed by atoms with Gasteiger partial charge in [0.15, 0.2) is 0 Å². The van der Waals surface area contributed by atoms with Crippen LogP contribution < -0.4 is 0 Å². The highest BCUT2D eigenvalue weighted by Crippen LogP contribution is 2.26. The number of nitro benzene ring substituents is 1. The Bertz CT molecular complexity index is 401. The van der Waals surface area contributed by atoms with Crippen molar-refractivity contribution in [2.75, 3.05) is 0 Å². The van der Waals surface area contributed by atoms with Crippen LogP contribution in [0.15, 0.2) is 18.2 Å². The number of hydrogen-bond donors (Lipinski definition) is 1. The van der Waals surface area contributed by atoms with Gasteiger partial charge in [0.2, 0.25) is 0 Å². The molecule has 1 aliphatic rings. The Balaban J connectivity index is 2.14. The van der Waals surface area contributed by atoms with Crippen molar-refractivity contribution in [3.63, 3.8) is 0 Å². The standard InChI is InChI=1S/C11H13NO4/c13-6-8-3-9(7-16-11-1-2-11)5-10(4-8)12(14)15/h3-5,11,13H,1-2,6-7H2. The van der Waals surface area contributed by atoms with E-state index in [2.05, 4.69) is 0 Å². The molecule has 2 rings (SSSR count). The van der Waals surface area contributed by atoms with E-state index < -0.39 is 4.92 Å². The van der Waals surface area contributed by atoms with Crippen molar-refractivity contribution in [3.8, 4) is 0 Å². The van der Waals surface area contributed by atoms with Gasteiger partial charge in [0.25, 0.3) is 5.69 Å². The van der Waals surface area contributed by atoms with Gasteiger partial charge in [-0.15, -0.1) is 0 Å². The van der Waals surface area contributed by atoms with E-state index in [4.69, 9.17) is 9.84 Å². The Morgan fingerprint density at radius 2 is 2.06 bits per heavy atom. The average Bonchev–Trinajstić information content (AvgIpc) is 3.09. The van der Waals surface area contributed by atoms with Crippen LogP contribution in [0, 0.1) is 10.1 Å². The number of ether oxygens (including phenoxy) is 1. The molecule has 0 bridgehead atoms. The second kappa shape index (κ2) is 4.59. The number of aliphatic hydroxyl groups is 1. The van der Waals surface area contributed by atoms with Crippen molar-refractivity contribution in [2.45, 2.75) is 32.2 Å².